The zero-order valence-electron chi connectivity index (χ0n) is 23.3. The molecule has 220 valence electrons. The van der Waals surface area contributed by atoms with Crippen molar-refractivity contribution in [3.63, 3.8) is 0 Å². The Morgan fingerprint density at radius 3 is 1.49 bits per heavy atom. The topological polar surface area (TPSA) is 108 Å². The van der Waals surface area contributed by atoms with E-state index in [1.807, 2.05) is 31.2 Å². The van der Waals surface area contributed by atoms with Gasteiger partial charge in [-0.15, -0.1) is 0 Å². The van der Waals surface area contributed by atoms with Crippen LogP contribution in [0.3, 0.4) is 0 Å². The normalized spacial score (nSPS) is 21.4. The molecule has 8 nitrogen and oxygen atoms in total. The predicted molar refractivity (Wildman–Crippen MR) is 160 cm³/mol. The number of aryl methyl sites for hydroxylation is 1. The fourth-order valence-corrected chi connectivity index (χ4v) is 5.67. The molecule has 9 heteroatoms. The number of benzene rings is 4. The molecule has 1 fully saturated rings. The SMILES string of the molecule is Cc1ccc(S[C@@H]2O[C@H](CO)[C@@H](OC(=O)c3ccccc3)[C@H](OC(=O)c3ccccc3)[C@H]2OC(=O)c2ccccc2)cc1. The maximum atomic E-state index is 13.4. The van der Waals surface area contributed by atoms with Crippen molar-refractivity contribution in [1.82, 2.24) is 0 Å². The lowest BCUT2D eigenvalue weighted by Gasteiger charge is -2.44. The molecule has 1 aliphatic heterocycles. The van der Waals surface area contributed by atoms with Crippen LogP contribution in [0.15, 0.2) is 120 Å². The van der Waals surface area contributed by atoms with Crippen molar-refractivity contribution in [3.8, 4) is 0 Å². The average molecular weight is 599 g/mol. The second kappa shape index (κ2) is 14.2. The molecule has 0 aliphatic carbocycles. The molecule has 0 unspecified atom stereocenters. The Morgan fingerprint density at radius 1 is 0.628 bits per heavy atom. The summed E-state index contributed by atoms with van der Waals surface area (Å²) in [5.74, 6) is -2.11. The van der Waals surface area contributed by atoms with Gasteiger partial charge >= 0.3 is 17.9 Å². The van der Waals surface area contributed by atoms with E-state index in [2.05, 4.69) is 0 Å². The first-order valence-corrected chi connectivity index (χ1v) is 14.6. The monoisotopic (exact) mass is 598 g/mol. The number of carbonyl (C=O) groups is 3. The third-order valence-electron chi connectivity index (χ3n) is 6.80. The van der Waals surface area contributed by atoms with E-state index in [0.717, 1.165) is 10.5 Å². The number of esters is 3. The lowest BCUT2D eigenvalue weighted by atomic mass is 9.98. The minimum absolute atomic E-state index is 0.249. The zero-order chi connectivity index (χ0) is 30.2. The number of rotatable bonds is 9. The second-order valence-corrected chi connectivity index (χ2v) is 11.0. The fourth-order valence-electron chi connectivity index (χ4n) is 4.57. The van der Waals surface area contributed by atoms with E-state index in [4.69, 9.17) is 18.9 Å². The van der Waals surface area contributed by atoms with Gasteiger partial charge in [-0.05, 0) is 55.5 Å². The number of ether oxygens (including phenoxy) is 4. The van der Waals surface area contributed by atoms with Gasteiger partial charge in [0.05, 0.1) is 23.3 Å². The van der Waals surface area contributed by atoms with Crippen molar-refractivity contribution in [2.45, 2.75) is 41.7 Å². The van der Waals surface area contributed by atoms with Crippen molar-refractivity contribution in [2.24, 2.45) is 0 Å². The van der Waals surface area contributed by atoms with Crippen molar-refractivity contribution in [3.05, 3.63) is 138 Å². The Morgan fingerprint density at radius 2 is 1.05 bits per heavy atom. The van der Waals surface area contributed by atoms with Gasteiger partial charge in [-0.2, -0.15) is 0 Å². The predicted octanol–water partition coefficient (Wildman–Crippen LogP) is 5.48. The second-order valence-electron chi connectivity index (χ2n) is 9.86. The summed E-state index contributed by atoms with van der Waals surface area (Å²) in [4.78, 5) is 40.8. The summed E-state index contributed by atoms with van der Waals surface area (Å²) in [6.07, 6.45) is -4.98. The molecule has 1 saturated heterocycles. The van der Waals surface area contributed by atoms with E-state index in [1.165, 1.54) is 11.8 Å². The molecular formula is C34H30O8S. The summed E-state index contributed by atoms with van der Waals surface area (Å²) in [5, 5.41) is 10.4. The summed E-state index contributed by atoms with van der Waals surface area (Å²) in [6.45, 7) is 1.40. The largest absolute Gasteiger partial charge is 0.452 e. The first kappa shape index (κ1) is 30.0. The van der Waals surface area contributed by atoms with E-state index in [-0.39, 0.29) is 16.7 Å². The number of aliphatic hydroxyl groups excluding tert-OH is 1. The first-order chi connectivity index (χ1) is 20.9. The summed E-state index contributed by atoms with van der Waals surface area (Å²) in [7, 11) is 0. The molecule has 1 N–H and O–H groups in total. The number of hydrogen-bond donors (Lipinski definition) is 1. The van der Waals surface area contributed by atoms with Crippen LogP contribution in [0.2, 0.25) is 0 Å². The third kappa shape index (κ3) is 7.50. The molecule has 1 heterocycles. The standard InChI is InChI=1S/C34H30O8S/c1-22-17-19-26(20-18-22)43-34-30(42-33(38)25-15-9-4-10-16-25)29(41-32(37)24-13-7-3-8-14-24)28(27(21-35)39-34)40-31(36)23-11-5-2-6-12-23/h2-20,27-30,34-35H,21H2,1H3/t27-,28-,29+,30-,34+/m1/s1. The quantitative estimate of drug-likeness (QED) is 0.198. The first-order valence-electron chi connectivity index (χ1n) is 13.7. The minimum atomic E-state index is -1.33. The molecule has 5 rings (SSSR count). The number of hydrogen-bond acceptors (Lipinski definition) is 9. The molecule has 0 radical (unpaired) electrons. The Hall–Kier alpha value is -4.44. The smallest absolute Gasteiger partial charge is 0.338 e. The summed E-state index contributed by atoms with van der Waals surface area (Å²) < 4.78 is 24.1. The molecule has 0 aromatic heterocycles. The number of carbonyl (C=O) groups excluding carboxylic acids is 3. The zero-order valence-corrected chi connectivity index (χ0v) is 24.1. The average Bonchev–Trinajstić information content (AvgIpc) is 3.05. The van der Waals surface area contributed by atoms with E-state index in [9.17, 15) is 19.5 Å². The molecule has 0 saturated carbocycles. The lowest BCUT2D eigenvalue weighted by Crippen LogP contribution is -2.61. The lowest BCUT2D eigenvalue weighted by molar-refractivity contribution is -0.207. The van der Waals surface area contributed by atoms with Crippen LogP contribution in [0.5, 0.6) is 0 Å². The van der Waals surface area contributed by atoms with E-state index >= 15 is 0 Å². The van der Waals surface area contributed by atoms with Crippen molar-refractivity contribution < 1.29 is 38.4 Å². The van der Waals surface area contributed by atoms with Gasteiger partial charge in [0.15, 0.2) is 18.3 Å². The van der Waals surface area contributed by atoms with Gasteiger partial charge in [0.25, 0.3) is 0 Å². The van der Waals surface area contributed by atoms with Crippen LogP contribution in [0, 0.1) is 6.92 Å². The fraction of sp³-hybridized carbons (Fsp3) is 0.206. The van der Waals surface area contributed by atoms with E-state index < -0.39 is 54.4 Å². The molecule has 0 amide bonds. The molecule has 0 spiro atoms. The van der Waals surface area contributed by atoms with Gasteiger partial charge in [0, 0.05) is 4.90 Å². The Balaban J connectivity index is 1.54. The highest BCUT2D eigenvalue weighted by Crippen LogP contribution is 2.38. The summed E-state index contributed by atoms with van der Waals surface area (Å²) >= 11 is 1.24. The van der Waals surface area contributed by atoms with Crippen LogP contribution >= 0.6 is 11.8 Å². The third-order valence-corrected chi connectivity index (χ3v) is 7.96. The molecule has 5 atom stereocenters. The minimum Gasteiger partial charge on any atom is -0.452 e. The van der Waals surface area contributed by atoms with E-state index in [0.29, 0.717) is 0 Å². The van der Waals surface area contributed by atoms with Crippen LogP contribution in [0.1, 0.15) is 36.6 Å². The van der Waals surface area contributed by atoms with E-state index in [1.54, 1.807) is 91.0 Å². The van der Waals surface area contributed by atoms with Crippen molar-refractivity contribution in [2.75, 3.05) is 6.61 Å². The number of aliphatic hydroxyl groups is 1. The molecule has 1 aliphatic rings. The molecule has 4 aromatic carbocycles. The molecule has 4 aromatic rings. The number of thioether (sulfide) groups is 1. The molecule has 43 heavy (non-hydrogen) atoms. The summed E-state index contributed by atoms with van der Waals surface area (Å²) in [6, 6.07) is 32.6. The maximum Gasteiger partial charge on any atom is 0.338 e. The van der Waals surface area contributed by atoms with Crippen molar-refractivity contribution >= 4 is 29.7 Å². The highest BCUT2D eigenvalue weighted by atomic mass is 32.2. The van der Waals surface area contributed by atoms with Crippen LogP contribution in [0.25, 0.3) is 0 Å². The van der Waals surface area contributed by atoms with Crippen LogP contribution in [-0.4, -0.2) is 59.5 Å². The highest BCUT2D eigenvalue weighted by molar-refractivity contribution is 7.99. The summed E-state index contributed by atoms with van der Waals surface area (Å²) in [5.41, 5.74) is 0.890. The Kier molecular flexibility index (Phi) is 9.88. The highest BCUT2D eigenvalue weighted by Gasteiger charge is 2.52. The van der Waals surface area contributed by atoms with Crippen LogP contribution in [0.4, 0.5) is 0 Å². The van der Waals surface area contributed by atoms with Gasteiger partial charge in [0.1, 0.15) is 11.5 Å². The van der Waals surface area contributed by atoms with Gasteiger partial charge < -0.3 is 24.1 Å². The van der Waals surface area contributed by atoms with Crippen molar-refractivity contribution in [1.29, 1.82) is 0 Å². The van der Waals surface area contributed by atoms with Gasteiger partial charge in [0.2, 0.25) is 0 Å². The Bertz CT molecular complexity index is 1510. The van der Waals surface area contributed by atoms with Crippen LogP contribution in [-0.2, 0) is 18.9 Å². The Labute approximate surface area is 253 Å². The van der Waals surface area contributed by atoms with Gasteiger partial charge in [-0.1, -0.05) is 84.1 Å². The van der Waals surface area contributed by atoms with Crippen LogP contribution < -0.4 is 0 Å². The molecular weight excluding hydrogens is 568 g/mol. The van der Waals surface area contributed by atoms with Gasteiger partial charge in [-0.25, -0.2) is 14.4 Å². The van der Waals surface area contributed by atoms with Gasteiger partial charge in [-0.3, -0.25) is 0 Å². The maximum absolute atomic E-state index is 13.4. The molecule has 0 bridgehead atoms.